The van der Waals surface area contributed by atoms with Crippen LogP contribution >= 0.6 is 0 Å². The predicted octanol–water partition coefficient (Wildman–Crippen LogP) is 2.67. The monoisotopic (exact) mass is 292 g/mol. The van der Waals surface area contributed by atoms with Crippen molar-refractivity contribution in [1.82, 2.24) is 4.90 Å². The van der Waals surface area contributed by atoms with E-state index in [1.807, 2.05) is 26.8 Å². The maximum Gasteiger partial charge on any atom is 0.313 e. The smallest absolute Gasteiger partial charge is 0.313 e. The molecule has 0 aromatic heterocycles. The van der Waals surface area contributed by atoms with Crippen LogP contribution in [0.25, 0.3) is 0 Å². The Kier molecular flexibility index (Phi) is 6.72. The van der Waals surface area contributed by atoms with Gasteiger partial charge in [-0.2, -0.15) is 0 Å². The number of ether oxygens (including phenoxy) is 1. The quantitative estimate of drug-likeness (QED) is 0.820. The first-order chi connectivity index (χ1) is 9.95. The minimum absolute atomic E-state index is 0.00835. The van der Waals surface area contributed by atoms with E-state index in [-0.39, 0.29) is 6.10 Å². The van der Waals surface area contributed by atoms with Crippen molar-refractivity contribution in [1.29, 1.82) is 0 Å². The van der Waals surface area contributed by atoms with Gasteiger partial charge in [-0.15, -0.1) is 0 Å². The largest absolute Gasteiger partial charge is 0.489 e. The predicted molar refractivity (Wildman–Crippen MR) is 83.4 cm³/mol. The van der Waals surface area contributed by atoms with Gasteiger partial charge in [-0.1, -0.05) is 25.5 Å². The molecule has 1 aromatic carbocycles. The van der Waals surface area contributed by atoms with Crippen LogP contribution in [0.3, 0.4) is 0 Å². The number of carbonyl (C=O) groups is 2. The first kappa shape index (κ1) is 17.0. The summed E-state index contributed by atoms with van der Waals surface area (Å²) in [7, 11) is 1.63. The lowest BCUT2D eigenvalue weighted by Gasteiger charge is -2.18. The van der Waals surface area contributed by atoms with E-state index in [9.17, 15) is 9.59 Å². The lowest BCUT2D eigenvalue weighted by atomic mass is 10.2. The fourth-order valence-corrected chi connectivity index (χ4v) is 1.77. The molecule has 0 aliphatic heterocycles. The minimum Gasteiger partial charge on any atom is -0.489 e. The molecule has 0 saturated heterocycles. The van der Waals surface area contributed by atoms with Crippen molar-refractivity contribution in [3.05, 3.63) is 24.3 Å². The highest BCUT2D eigenvalue weighted by molar-refractivity contribution is 6.39. The van der Waals surface area contributed by atoms with Crippen molar-refractivity contribution in [3.8, 4) is 5.75 Å². The first-order valence-electron chi connectivity index (χ1n) is 7.27. The summed E-state index contributed by atoms with van der Waals surface area (Å²) in [5.41, 5.74) is 0.508. The summed E-state index contributed by atoms with van der Waals surface area (Å²) in [6, 6.07) is 7.09. The molecule has 5 nitrogen and oxygen atoms in total. The van der Waals surface area contributed by atoms with E-state index in [0.717, 1.165) is 12.8 Å². The molecule has 0 saturated carbocycles. The number of rotatable bonds is 6. The summed E-state index contributed by atoms with van der Waals surface area (Å²) in [5, 5.41) is 2.62. The number of nitrogens with one attached hydrogen (secondary N) is 1. The molecule has 116 valence electrons. The number of hydrogen-bond acceptors (Lipinski definition) is 3. The van der Waals surface area contributed by atoms with Crippen molar-refractivity contribution in [2.24, 2.45) is 0 Å². The molecule has 0 aliphatic rings. The van der Waals surface area contributed by atoms with E-state index in [1.54, 1.807) is 25.2 Å². The Morgan fingerprint density at radius 2 is 1.95 bits per heavy atom. The van der Waals surface area contributed by atoms with E-state index >= 15 is 0 Å². The summed E-state index contributed by atoms with van der Waals surface area (Å²) in [6.45, 7) is 6.43. The minimum atomic E-state index is -0.645. The summed E-state index contributed by atoms with van der Waals surface area (Å²) in [5.74, 6) is -0.624. The van der Waals surface area contributed by atoms with Crippen LogP contribution in [0.5, 0.6) is 5.75 Å². The Morgan fingerprint density at radius 1 is 1.29 bits per heavy atom. The third kappa shape index (κ3) is 5.45. The molecule has 2 amide bonds. The summed E-state index contributed by atoms with van der Waals surface area (Å²) in [6.07, 6.45) is 1.85. The molecule has 0 bridgehead atoms. The number of benzene rings is 1. The van der Waals surface area contributed by atoms with Crippen LogP contribution in [-0.2, 0) is 9.59 Å². The van der Waals surface area contributed by atoms with E-state index in [2.05, 4.69) is 5.32 Å². The lowest BCUT2D eigenvalue weighted by Crippen LogP contribution is -2.37. The van der Waals surface area contributed by atoms with Crippen LogP contribution in [0.15, 0.2) is 24.3 Å². The van der Waals surface area contributed by atoms with E-state index in [4.69, 9.17) is 4.74 Å². The second-order valence-corrected chi connectivity index (χ2v) is 5.20. The molecular formula is C16H24N2O3. The van der Waals surface area contributed by atoms with Gasteiger partial charge in [-0.05, 0) is 32.4 Å². The second-order valence-electron chi connectivity index (χ2n) is 5.20. The van der Waals surface area contributed by atoms with Gasteiger partial charge in [-0.25, -0.2) is 0 Å². The molecule has 21 heavy (non-hydrogen) atoms. The molecule has 5 heteroatoms. The van der Waals surface area contributed by atoms with E-state index in [1.165, 1.54) is 4.90 Å². The van der Waals surface area contributed by atoms with Gasteiger partial charge in [0.05, 0.1) is 11.8 Å². The van der Waals surface area contributed by atoms with Crippen LogP contribution in [0.2, 0.25) is 0 Å². The number of anilines is 1. The summed E-state index contributed by atoms with van der Waals surface area (Å²) >= 11 is 0. The van der Waals surface area contributed by atoms with Crippen molar-refractivity contribution in [2.45, 2.75) is 39.7 Å². The maximum absolute atomic E-state index is 12.0. The van der Waals surface area contributed by atoms with Crippen molar-refractivity contribution in [3.63, 3.8) is 0 Å². The van der Waals surface area contributed by atoms with Gasteiger partial charge < -0.3 is 15.0 Å². The normalized spacial score (nSPS) is 10.3. The van der Waals surface area contributed by atoms with Gasteiger partial charge in [-0.3, -0.25) is 9.59 Å². The molecule has 0 fully saturated rings. The Hall–Kier alpha value is -2.04. The molecule has 0 aliphatic carbocycles. The number of likely N-dealkylation sites (N-methyl/N-ethyl adjacent to an activating group) is 1. The zero-order valence-corrected chi connectivity index (χ0v) is 13.2. The Bertz CT molecular complexity index is 486. The highest BCUT2D eigenvalue weighted by Crippen LogP contribution is 2.24. The van der Waals surface area contributed by atoms with Crippen molar-refractivity contribution < 1.29 is 14.3 Å². The number of hydrogen-bond donors (Lipinski definition) is 1. The van der Waals surface area contributed by atoms with Gasteiger partial charge in [0, 0.05) is 13.6 Å². The Labute approximate surface area is 126 Å². The number of unbranched alkanes of at least 4 members (excludes halogenated alkanes) is 1. The first-order valence-corrected chi connectivity index (χ1v) is 7.27. The van der Waals surface area contributed by atoms with Crippen molar-refractivity contribution >= 4 is 17.5 Å². The molecular weight excluding hydrogens is 268 g/mol. The molecule has 1 rings (SSSR count). The SMILES string of the molecule is CCCCN(C)C(=O)C(=O)Nc1ccccc1OC(C)C. The molecule has 0 unspecified atom stereocenters. The highest BCUT2D eigenvalue weighted by atomic mass is 16.5. The van der Waals surface area contributed by atoms with Gasteiger partial charge in [0.1, 0.15) is 5.75 Å². The van der Waals surface area contributed by atoms with Crippen LogP contribution in [0.4, 0.5) is 5.69 Å². The topological polar surface area (TPSA) is 58.6 Å². The Morgan fingerprint density at radius 3 is 2.57 bits per heavy atom. The number of nitrogens with zero attached hydrogens (tertiary/aromatic N) is 1. The van der Waals surface area contributed by atoms with E-state index < -0.39 is 11.8 Å². The van der Waals surface area contributed by atoms with Gasteiger partial charge in [0.2, 0.25) is 0 Å². The van der Waals surface area contributed by atoms with Gasteiger partial charge >= 0.3 is 11.8 Å². The fraction of sp³-hybridized carbons (Fsp3) is 0.500. The number of amides is 2. The third-order valence-electron chi connectivity index (χ3n) is 2.89. The van der Waals surface area contributed by atoms with Crippen LogP contribution in [0, 0.1) is 0 Å². The highest BCUT2D eigenvalue weighted by Gasteiger charge is 2.19. The molecule has 1 aromatic rings. The summed E-state index contributed by atoms with van der Waals surface area (Å²) in [4.78, 5) is 25.4. The molecule has 0 atom stereocenters. The number of carbonyl (C=O) groups excluding carboxylic acids is 2. The maximum atomic E-state index is 12.0. The van der Waals surface area contributed by atoms with E-state index in [0.29, 0.717) is 18.0 Å². The fourth-order valence-electron chi connectivity index (χ4n) is 1.77. The zero-order valence-electron chi connectivity index (χ0n) is 13.2. The zero-order chi connectivity index (χ0) is 15.8. The average Bonchev–Trinajstić information content (AvgIpc) is 2.45. The standard InChI is InChI=1S/C16H24N2O3/c1-5-6-11-18(4)16(20)15(19)17-13-9-7-8-10-14(13)21-12(2)3/h7-10,12H,5-6,11H2,1-4H3,(H,17,19). The van der Waals surface area contributed by atoms with Crippen LogP contribution in [0.1, 0.15) is 33.6 Å². The Balaban J connectivity index is 2.72. The molecule has 0 heterocycles. The summed E-state index contributed by atoms with van der Waals surface area (Å²) < 4.78 is 5.61. The van der Waals surface area contributed by atoms with Crippen molar-refractivity contribution in [2.75, 3.05) is 18.9 Å². The van der Waals surface area contributed by atoms with Gasteiger partial charge in [0.25, 0.3) is 0 Å². The molecule has 0 radical (unpaired) electrons. The lowest BCUT2D eigenvalue weighted by molar-refractivity contribution is -0.142. The number of para-hydroxylation sites is 2. The average molecular weight is 292 g/mol. The molecule has 1 N–H and O–H groups in total. The van der Waals surface area contributed by atoms with Gasteiger partial charge in [0.15, 0.2) is 0 Å². The van der Waals surface area contributed by atoms with Crippen LogP contribution < -0.4 is 10.1 Å². The second kappa shape index (κ2) is 8.29. The van der Waals surface area contributed by atoms with Crippen LogP contribution in [-0.4, -0.2) is 36.4 Å². The molecule has 0 spiro atoms. The third-order valence-corrected chi connectivity index (χ3v) is 2.89.